The minimum absolute atomic E-state index is 0.0216. The molecular weight excluding hydrogens is 328 g/mol. The van der Waals surface area contributed by atoms with E-state index in [1.165, 1.54) is 11.1 Å². The van der Waals surface area contributed by atoms with Gasteiger partial charge in [0.05, 0.1) is 19.3 Å². The number of ether oxygens (including phenoxy) is 2. The number of hydrogen-bond donors (Lipinski definition) is 1. The molecule has 138 valence electrons. The maximum Gasteiger partial charge on any atom is 0.258 e. The summed E-state index contributed by atoms with van der Waals surface area (Å²) in [5, 5.41) is 3.02. The van der Waals surface area contributed by atoms with Crippen molar-refractivity contribution in [3.8, 4) is 5.75 Å². The highest BCUT2D eigenvalue weighted by molar-refractivity contribution is 5.77. The van der Waals surface area contributed by atoms with E-state index in [4.69, 9.17) is 9.47 Å². The third-order valence-corrected chi connectivity index (χ3v) is 4.55. The SMILES string of the molecule is Cc1ccc([C@@H](CNC(=O)COc2ccccc2)N2CCOCC2)cc1. The lowest BCUT2D eigenvalue weighted by molar-refractivity contribution is -0.123. The normalized spacial score (nSPS) is 16.0. The van der Waals surface area contributed by atoms with Gasteiger partial charge in [-0.05, 0) is 24.6 Å². The Morgan fingerprint density at radius 3 is 2.50 bits per heavy atom. The van der Waals surface area contributed by atoms with Crippen LogP contribution in [-0.2, 0) is 9.53 Å². The molecule has 0 bridgehead atoms. The van der Waals surface area contributed by atoms with Gasteiger partial charge < -0.3 is 14.8 Å². The third-order valence-electron chi connectivity index (χ3n) is 4.55. The molecule has 0 saturated carbocycles. The lowest BCUT2D eigenvalue weighted by Crippen LogP contribution is -2.44. The molecule has 0 spiro atoms. The van der Waals surface area contributed by atoms with E-state index in [2.05, 4.69) is 41.4 Å². The molecule has 2 aromatic carbocycles. The molecule has 1 aliphatic heterocycles. The summed E-state index contributed by atoms with van der Waals surface area (Å²) in [6, 6.07) is 18.0. The standard InChI is InChI=1S/C21H26N2O3/c1-17-7-9-18(10-8-17)20(23-11-13-25-14-12-23)15-22-21(24)16-26-19-5-3-2-4-6-19/h2-10,20H,11-16H2,1H3,(H,22,24)/t20-/m1/s1. The van der Waals surface area contributed by atoms with E-state index < -0.39 is 0 Å². The van der Waals surface area contributed by atoms with Gasteiger partial charge in [-0.15, -0.1) is 0 Å². The number of nitrogens with zero attached hydrogens (tertiary/aromatic N) is 1. The molecule has 1 heterocycles. The van der Waals surface area contributed by atoms with Gasteiger partial charge in [0, 0.05) is 19.6 Å². The Hall–Kier alpha value is -2.37. The molecule has 1 atom stereocenters. The van der Waals surface area contributed by atoms with Crippen LogP contribution in [0.5, 0.6) is 5.75 Å². The Morgan fingerprint density at radius 2 is 1.81 bits per heavy atom. The molecular formula is C21H26N2O3. The summed E-state index contributed by atoms with van der Waals surface area (Å²) >= 11 is 0. The van der Waals surface area contributed by atoms with Gasteiger partial charge in [0.2, 0.25) is 0 Å². The molecule has 1 saturated heterocycles. The van der Waals surface area contributed by atoms with Gasteiger partial charge in [0.25, 0.3) is 5.91 Å². The zero-order chi connectivity index (χ0) is 18.2. The summed E-state index contributed by atoms with van der Waals surface area (Å²) in [5.41, 5.74) is 2.44. The first-order valence-corrected chi connectivity index (χ1v) is 9.05. The van der Waals surface area contributed by atoms with Gasteiger partial charge >= 0.3 is 0 Å². The molecule has 2 aromatic rings. The van der Waals surface area contributed by atoms with E-state index in [0.717, 1.165) is 26.3 Å². The molecule has 1 aliphatic rings. The van der Waals surface area contributed by atoms with Crippen LogP contribution in [0, 0.1) is 6.92 Å². The van der Waals surface area contributed by atoms with Gasteiger partial charge in [-0.3, -0.25) is 9.69 Å². The molecule has 5 heteroatoms. The molecule has 0 radical (unpaired) electrons. The first-order chi connectivity index (χ1) is 12.7. The second kappa shape index (κ2) is 9.36. The van der Waals surface area contributed by atoms with E-state index in [1.54, 1.807) is 0 Å². The average molecular weight is 354 g/mol. The number of para-hydroxylation sites is 1. The maximum atomic E-state index is 12.2. The second-order valence-corrected chi connectivity index (χ2v) is 6.48. The summed E-state index contributed by atoms with van der Waals surface area (Å²) < 4.78 is 11.0. The lowest BCUT2D eigenvalue weighted by Gasteiger charge is -2.35. The number of aryl methyl sites for hydroxylation is 1. The van der Waals surface area contributed by atoms with Crippen LogP contribution in [-0.4, -0.2) is 50.3 Å². The van der Waals surface area contributed by atoms with Crippen molar-refractivity contribution in [3.63, 3.8) is 0 Å². The number of hydrogen-bond acceptors (Lipinski definition) is 4. The Kier molecular flexibility index (Phi) is 6.63. The van der Waals surface area contributed by atoms with Gasteiger partial charge in [-0.25, -0.2) is 0 Å². The largest absolute Gasteiger partial charge is 0.484 e. The molecule has 1 N–H and O–H groups in total. The Balaban J connectivity index is 1.58. The van der Waals surface area contributed by atoms with Crippen molar-refractivity contribution in [1.82, 2.24) is 10.2 Å². The Labute approximate surface area is 154 Å². The van der Waals surface area contributed by atoms with Gasteiger partial charge in [0.15, 0.2) is 6.61 Å². The fourth-order valence-electron chi connectivity index (χ4n) is 3.06. The molecule has 0 aromatic heterocycles. The molecule has 0 aliphatic carbocycles. The number of amides is 1. The minimum Gasteiger partial charge on any atom is -0.484 e. The molecule has 1 amide bonds. The number of carbonyl (C=O) groups is 1. The zero-order valence-electron chi connectivity index (χ0n) is 15.2. The van der Waals surface area contributed by atoms with Gasteiger partial charge in [-0.1, -0.05) is 48.0 Å². The quantitative estimate of drug-likeness (QED) is 0.830. The number of carbonyl (C=O) groups excluding carboxylic acids is 1. The minimum atomic E-state index is -0.112. The predicted octanol–water partition coefficient (Wildman–Crippen LogP) is 2.56. The highest BCUT2D eigenvalue weighted by atomic mass is 16.5. The van der Waals surface area contributed by atoms with Crippen LogP contribution in [0.1, 0.15) is 17.2 Å². The summed E-state index contributed by atoms with van der Waals surface area (Å²) in [6.45, 7) is 5.86. The Bertz CT molecular complexity index is 682. The van der Waals surface area contributed by atoms with Crippen molar-refractivity contribution >= 4 is 5.91 Å². The van der Waals surface area contributed by atoms with Gasteiger partial charge in [-0.2, -0.15) is 0 Å². The summed E-state index contributed by atoms with van der Waals surface area (Å²) in [4.78, 5) is 14.6. The van der Waals surface area contributed by atoms with Crippen LogP contribution < -0.4 is 10.1 Å². The molecule has 1 fully saturated rings. The number of rotatable bonds is 7. The van der Waals surface area contributed by atoms with E-state index >= 15 is 0 Å². The smallest absolute Gasteiger partial charge is 0.258 e. The summed E-state index contributed by atoms with van der Waals surface area (Å²) in [5.74, 6) is 0.588. The van der Waals surface area contributed by atoms with E-state index in [-0.39, 0.29) is 18.6 Å². The monoisotopic (exact) mass is 354 g/mol. The van der Waals surface area contributed by atoms with E-state index in [1.807, 2.05) is 30.3 Å². The van der Waals surface area contributed by atoms with Crippen LogP contribution in [0.25, 0.3) is 0 Å². The van der Waals surface area contributed by atoms with Crippen LogP contribution in [0.15, 0.2) is 54.6 Å². The second-order valence-electron chi connectivity index (χ2n) is 6.48. The lowest BCUT2D eigenvalue weighted by atomic mass is 10.0. The van der Waals surface area contributed by atoms with Crippen molar-refractivity contribution in [3.05, 3.63) is 65.7 Å². The van der Waals surface area contributed by atoms with Crippen LogP contribution in [0.3, 0.4) is 0 Å². The highest BCUT2D eigenvalue weighted by Gasteiger charge is 2.23. The number of benzene rings is 2. The zero-order valence-corrected chi connectivity index (χ0v) is 15.2. The van der Waals surface area contributed by atoms with E-state index in [9.17, 15) is 4.79 Å². The Morgan fingerprint density at radius 1 is 1.12 bits per heavy atom. The molecule has 5 nitrogen and oxygen atoms in total. The van der Waals surface area contributed by atoms with Crippen molar-refractivity contribution in [2.24, 2.45) is 0 Å². The number of nitrogens with one attached hydrogen (secondary N) is 1. The summed E-state index contributed by atoms with van der Waals surface area (Å²) in [7, 11) is 0. The fourth-order valence-corrected chi connectivity index (χ4v) is 3.06. The van der Waals surface area contributed by atoms with Gasteiger partial charge in [0.1, 0.15) is 5.75 Å². The van der Waals surface area contributed by atoms with E-state index in [0.29, 0.717) is 12.3 Å². The van der Waals surface area contributed by atoms with Crippen molar-refractivity contribution in [2.45, 2.75) is 13.0 Å². The first kappa shape index (κ1) is 18.4. The van der Waals surface area contributed by atoms with Crippen LogP contribution >= 0.6 is 0 Å². The first-order valence-electron chi connectivity index (χ1n) is 9.05. The molecule has 26 heavy (non-hydrogen) atoms. The number of morpholine rings is 1. The molecule has 3 rings (SSSR count). The fraction of sp³-hybridized carbons (Fsp3) is 0.381. The summed E-state index contributed by atoms with van der Waals surface area (Å²) in [6.07, 6.45) is 0. The molecule has 0 unspecified atom stereocenters. The third kappa shape index (κ3) is 5.31. The predicted molar refractivity (Wildman–Crippen MR) is 101 cm³/mol. The van der Waals surface area contributed by atoms with Crippen molar-refractivity contribution in [1.29, 1.82) is 0 Å². The van der Waals surface area contributed by atoms with Crippen LogP contribution in [0.2, 0.25) is 0 Å². The maximum absolute atomic E-state index is 12.2. The average Bonchev–Trinajstić information content (AvgIpc) is 2.69. The van der Waals surface area contributed by atoms with Crippen LogP contribution in [0.4, 0.5) is 0 Å². The van der Waals surface area contributed by atoms with Crippen molar-refractivity contribution in [2.75, 3.05) is 39.5 Å². The van der Waals surface area contributed by atoms with Crippen molar-refractivity contribution < 1.29 is 14.3 Å². The highest BCUT2D eigenvalue weighted by Crippen LogP contribution is 2.21. The topological polar surface area (TPSA) is 50.8 Å².